The molecule has 0 bridgehead atoms. The summed E-state index contributed by atoms with van der Waals surface area (Å²) in [5, 5.41) is 3.58. The van der Waals surface area contributed by atoms with Crippen molar-refractivity contribution in [3.05, 3.63) is 24.0 Å². The number of aromatic nitrogens is 1. The molecule has 2 atom stereocenters. The van der Waals surface area contributed by atoms with Crippen LogP contribution in [0.4, 0.5) is 0 Å². The van der Waals surface area contributed by atoms with Gasteiger partial charge in [-0.15, -0.1) is 0 Å². The number of methoxy groups -OCH3 is 2. The largest absolute Gasteiger partial charge is 0.495 e. The average Bonchev–Trinajstić information content (AvgIpc) is 2.56. The number of ether oxygens (including phenoxy) is 2. The number of nitrogens with zero attached hydrogens (tertiary/aromatic N) is 1. The van der Waals surface area contributed by atoms with Gasteiger partial charge in [0.05, 0.1) is 25.5 Å². The lowest BCUT2D eigenvalue weighted by Crippen LogP contribution is -2.39. The van der Waals surface area contributed by atoms with E-state index in [0.29, 0.717) is 5.92 Å². The second-order valence-corrected chi connectivity index (χ2v) is 5.79. The summed E-state index contributed by atoms with van der Waals surface area (Å²) in [5.74, 6) is 1.42. The minimum absolute atomic E-state index is 0.172. The standard InChI is InChI=1S/C17H28N2O2/c1-4-19-16(14-10-15(20-2)12-18-11-14)17(21-3)13-8-6-5-7-9-13/h10-13,16-17,19H,4-9H2,1-3H3. The molecule has 2 rings (SSSR count). The lowest BCUT2D eigenvalue weighted by atomic mass is 9.81. The molecule has 1 heterocycles. The second kappa shape index (κ2) is 8.35. The van der Waals surface area contributed by atoms with Crippen LogP contribution in [0.15, 0.2) is 18.5 Å². The molecule has 21 heavy (non-hydrogen) atoms. The molecule has 1 aliphatic carbocycles. The van der Waals surface area contributed by atoms with Crippen LogP contribution in [0.3, 0.4) is 0 Å². The third-order valence-corrected chi connectivity index (χ3v) is 4.47. The smallest absolute Gasteiger partial charge is 0.137 e. The summed E-state index contributed by atoms with van der Waals surface area (Å²) in [6, 6.07) is 2.24. The maximum absolute atomic E-state index is 5.90. The van der Waals surface area contributed by atoms with Crippen molar-refractivity contribution in [3.63, 3.8) is 0 Å². The van der Waals surface area contributed by atoms with Crippen molar-refractivity contribution < 1.29 is 9.47 Å². The maximum atomic E-state index is 5.90. The highest BCUT2D eigenvalue weighted by Crippen LogP contribution is 2.34. The first kappa shape index (κ1) is 16.2. The number of hydrogen-bond acceptors (Lipinski definition) is 4. The summed E-state index contributed by atoms with van der Waals surface area (Å²) in [6.45, 7) is 3.04. The monoisotopic (exact) mass is 292 g/mol. The Hall–Kier alpha value is -1.13. The number of nitrogens with one attached hydrogen (secondary N) is 1. The van der Waals surface area contributed by atoms with Crippen molar-refractivity contribution in [1.29, 1.82) is 0 Å². The van der Waals surface area contributed by atoms with E-state index in [1.54, 1.807) is 13.3 Å². The Morgan fingerprint density at radius 2 is 2.00 bits per heavy atom. The van der Waals surface area contributed by atoms with Crippen LogP contribution < -0.4 is 10.1 Å². The van der Waals surface area contributed by atoms with Gasteiger partial charge in [-0.1, -0.05) is 26.2 Å². The quantitative estimate of drug-likeness (QED) is 0.837. The average molecular weight is 292 g/mol. The van der Waals surface area contributed by atoms with Crippen LogP contribution in [-0.4, -0.2) is 31.9 Å². The van der Waals surface area contributed by atoms with Gasteiger partial charge in [0.2, 0.25) is 0 Å². The molecule has 1 saturated carbocycles. The molecule has 0 aliphatic heterocycles. The molecule has 1 aliphatic rings. The van der Waals surface area contributed by atoms with E-state index in [4.69, 9.17) is 9.47 Å². The number of rotatable bonds is 7. The summed E-state index contributed by atoms with van der Waals surface area (Å²) < 4.78 is 11.2. The summed E-state index contributed by atoms with van der Waals surface area (Å²) in [7, 11) is 3.51. The lowest BCUT2D eigenvalue weighted by molar-refractivity contribution is 0.00780. The predicted molar refractivity (Wildman–Crippen MR) is 84.6 cm³/mol. The molecule has 1 aromatic rings. The van der Waals surface area contributed by atoms with Crippen molar-refractivity contribution in [3.8, 4) is 5.75 Å². The van der Waals surface area contributed by atoms with Gasteiger partial charge in [-0.25, -0.2) is 0 Å². The molecular formula is C17H28N2O2. The molecule has 2 unspecified atom stereocenters. The molecule has 0 amide bonds. The summed E-state index contributed by atoms with van der Waals surface area (Å²) in [4.78, 5) is 4.30. The van der Waals surface area contributed by atoms with Crippen LogP contribution >= 0.6 is 0 Å². The third kappa shape index (κ3) is 4.17. The number of likely N-dealkylation sites (N-methyl/N-ethyl adjacent to an activating group) is 1. The highest BCUT2D eigenvalue weighted by Gasteiger charge is 2.31. The maximum Gasteiger partial charge on any atom is 0.137 e. The van der Waals surface area contributed by atoms with Gasteiger partial charge < -0.3 is 14.8 Å². The predicted octanol–water partition coefficient (Wildman–Crippen LogP) is 3.34. The normalized spacial score (nSPS) is 19.2. The molecule has 1 N–H and O–H groups in total. The minimum Gasteiger partial charge on any atom is -0.495 e. The Morgan fingerprint density at radius 3 is 2.62 bits per heavy atom. The fourth-order valence-corrected chi connectivity index (χ4v) is 3.42. The number of pyridine rings is 1. The van der Waals surface area contributed by atoms with E-state index in [1.165, 1.54) is 32.1 Å². The highest BCUT2D eigenvalue weighted by molar-refractivity contribution is 5.27. The first-order chi connectivity index (χ1) is 10.3. The van der Waals surface area contributed by atoms with Crippen molar-refractivity contribution in [2.24, 2.45) is 5.92 Å². The minimum atomic E-state index is 0.172. The molecule has 1 fully saturated rings. The van der Waals surface area contributed by atoms with Crippen LogP contribution in [0.25, 0.3) is 0 Å². The van der Waals surface area contributed by atoms with Crippen LogP contribution in [0, 0.1) is 5.92 Å². The Kier molecular flexibility index (Phi) is 6.46. The molecule has 4 heteroatoms. The highest BCUT2D eigenvalue weighted by atomic mass is 16.5. The zero-order valence-corrected chi connectivity index (χ0v) is 13.5. The second-order valence-electron chi connectivity index (χ2n) is 5.79. The van der Waals surface area contributed by atoms with Gasteiger partial charge in [0.1, 0.15) is 5.75 Å². The Bertz CT molecular complexity index is 419. The Labute approximate surface area is 128 Å². The molecule has 118 valence electrons. The zero-order chi connectivity index (χ0) is 15.1. The van der Waals surface area contributed by atoms with Crippen LogP contribution in [0.5, 0.6) is 5.75 Å². The van der Waals surface area contributed by atoms with Crippen molar-refractivity contribution in [2.45, 2.75) is 51.2 Å². The van der Waals surface area contributed by atoms with Crippen molar-refractivity contribution in [2.75, 3.05) is 20.8 Å². The molecule has 1 aromatic heterocycles. The first-order valence-corrected chi connectivity index (χ1v) is 8.05. The topological polar surface area (TPSA) is 43.4 Å². The molecule has 0 spiro atoms. The molecular weight excluding hydrogens is 264 g/mol. The van der Waals surface area contributed by atoms with Crippen LogP contribution in [0.1, 0.15) is 50.6 Å². The summed E-state index contributed by atoms with van der Waals surface area (Å²) in [6.07, 6.45) is 10.4. The van der Waals surface area contributed by atoms with E-state index >= 15 is 0 Å². The van der Waals surface area contributed by atoms with Crippen LogP contribution in [0.2, 0.25) is 0 Å². The van der Waals surface area contributed by atoms with Gasteiger partial charge in [0.25, 0.3) is 0 Å². The molecule has 4 nitrogen and oxygen atoms in total. The first-order valence-electron chi connectivity index (χ1n) is 8.05. The van der Waals surface area contributed by atoms with E-state index in [0.717, 1.165) is 17.9 Å². The van der Waals surface area contributed by atoms with E-state index in [1.807, 2.05) is 13.3 Å². The van der Waals surface area contributed by atoms with Gasteiger partial charge in [0, 0.05) is 13.3 Å². The zero-order valence-electron chi connectivity index (χ0n) is 13.5. The lowest BCUT2D eigenvalue weighted by Gasteiger charge is -2.35. The molecule has 0 aromatic carbocycles. The fourth-order valence-electron chi connectivity index (χ4n) is 3.42. The Balaban J connectivity index is 2.21. The molecule has 0 radical (unpaired) electrons. The van der Waals surface area contributed by atoms with Gasteiger partial charge >= 0.3 is 0 Å². The van der Waals surface area contributed by atoms with Crippen LogP contribution in [-0.2, 0) is 4.74 Å². The van der Waals surface area contributed by atoms with Gasteiger partial charge in [-0.2, -0.15) is 0 Å². The van der Waals surface area contributed by atoms with Gasteiger partial charge in [0.15, 0.2) is 0 Å². The van der Waals surface area contributed by atoms with E-state index < -0.39 is 0 Å². The molecule has 0 saturated heterocycles. The van der Waals surface area contributed by atoms with Crippen molar-refractivity contribution >= 4 is 0 Å². The summed E-state index contributed by atoms with van der Waals surface area (Å²) in [5.41, 5.74) is 1.15. The SMILES string of the molecule is CCNC(c1cncc(OC)c1)C(OC)C1CCCCC1. The van der Waals surface area contributed by atoms with Gasteiger partial charge in [-0.05, 0) is 36.9 Å². The number of hydrogen-bond donors (Lipinski definition) is 1. The summed E-state index contributed by atoms with van der Waals surface area (Å²) >= 11 is 0. The van der Waals surface area contributed by atoms with Gasteiger partial charge in [-0.3, -0.25) is 4.98 Å². The van der Waals surface area contributed by atoms with E-state index in [9.17, 15) is 0 Å². The Morgan fingerprint density at radius 1 is 1.24 bits per heavy atom. The van der Waals surface area contributed by atoms with Crippen molar-refractivity contribution in [1.82, 2.24) is 10.3 Å². The fraction of sp³-hybridized carbons (Fsp3) is 0.706. The van der Waals surface area contributed by atoms with E-state index in [-0.39, 0.29) is 12.1 Å². The third-order valence-electron chi connectivity index (χ3n) is 4.47. The van der Waals surface area contributed by atoms with E-state index in [2.05, 4.69) is 23.3 Å².